The molecule has 0 fully saturated rings. The molecule has 3 aromatic heterocycles. The lowest BCUT2D eigenvalue weighted by atomic mass is 9.87. The number of pyridine rings is 1. The molecule has 0 atom stereocenters. The average molecular weight is 1040 g/mol. The first kappa shape index (κ1) is 49.0. The highest BCUT2D eigenvalue weighted by molar-refractivity contribution is 6.09. The molecule has 0 bridgehead atoms. The van der Waals surface area contributed by atoms with E-state index < -0.39 is 0 Å². The van der Waals surface area contributed by atoms with Gasteiger partial charge in [-0.1, -0.05) is 197 Å². The van der Waals surface area contributed by atoms with Gasteiger partial charge in [-0.2, -0.15) is 9.13 Å². The topological polar surface area (TPSA) is 35.9 Å². The number of hydrogen-bond donors (Lipinski definition) is 0. The molecule has 5 nitrogen and oxygen atoms in total. The summed E-state index contributed by atoms with van der Waals surface area (Å²) in [5.74, 6) is 2.34. The van der Waals surface area contributed by atoms with Crippen molar-refractivity contribution in [3.63, 3.8) is 0 Å². The molecule has 5 heteroatoms. The highest BCUT2D eigenvalue weighted by atomic mass is 16.5. The van der Waals surface area contributed by atoms with E-state index in [0.717, 1.165) is 117 Å². The number of fused-ring (bicyclic) bond motifs is 4. The van der Waals surface area contributed by atoms with Crippen LogP contribution in [0.5, 0.6) is 11.5 Å². The largest absolute Gasteiger partial charge is 0.457 e. The van der Waals surface area contributed by atoms with Crippen LogP contribution >= 0.6 is 0 Å². The van der Waals surface area contributed by atoms with Gasteiger partial charge in [0, 0.05) is 40.2 Å². The van der Waals surface area contributed by atoms with E-state index in [0.29, 0.717) is 0 Å². The molecule has 0 radical (unpaired) electrons. The lowest BCUT2D eigenvalue weighted by molar-refractivity contribution is -0.566. The predicted octanol–water partition coefficient (Wildman–Crippen LogP) is 19.5. The summed E-state index contributed by atoms with van der Waals surface area (Å²) in [7, 11) is 0. The Balaban J connectivity index is 0.966. The van der Waals surface area contributed by atoms with Crippen molar-refractivity contribution < 1.29 is 9.30 Å². The molecule has 0 N–H and O–H groups in total. The number of aromatic nitrogens is 4. The van der Waals surface area contributed by atoms with Gasteiger partial charge < -0.3 is 4.74 Å². The third-order valence-electron chi connectivity index (χ3n) is 15.6. The normalized spacial score (nSPS) is 11.6. The number of rotatable bonds is 11. The Bertz CT molecular complexity index is 4570. The van der Waals surface area contributed by atoms with Crippen LogP contribution in [0.3, 0.4) is 0 Å². The van der Waals surface area contributed by atoms with E-state index in [-0.39, 0.29) is 5.41 Å². The highest BCUT2D eigenvalue weighted by Crippen LogP contribution is 2.43. The maximum absolute atomic E-state index is 6.92. The molecule has 0 unspecified atom stereocenters. The van der Waals surface area contributed by atoms with Crippen molar-refractivity contribution in [2.24, 2.45) is 0 Å². The molecular formula is C76H57N4O+. The van der Waals surface area contributed by atoms with E-state index in [1.807, 2.05) is 12.3 Å². The van der Waals surface area contributed by atoms with Gasteiger partial charge >= 0.3 is 0 Å². The second-order valence-corrected chi connectivity index (χ2v) is 21.9. The summed E-state index contributed by atoms with van der Waals surface area (Å²) < 4.78 is 13.9. The van der Waals surface area contributed by atoms with E-state index >= 15 is 0 Å². The standard InChI is InChI=1S/C76H57N4O/c1-76(2,3)62-40-41-77-74(48-62)80-70-35-17-16-34-66(70)67-39-38-65(50-73(67)80)81-64-33-21-32-63(49-64)78-51-79(72-37-19-18-36-71(72)78)75-68(57-31-20-30-56(42-57)52-22-8-4-9-23-52)46-60(55-28-14-7-15-29-55)47-69(75)61-44-58(53-24-10-5-11-25-53)43-59(45-61)54-26-12-6-13-27-54/h4-51H,1-3H3/q+1. The molecule has 0 aliphatic heterocycles. The lowest BCUT2D eigenvalue weighted by Crippen LogP contribution is -2.31. The average Bonchev–Trinajstić information content (AvgIpc) is 4.24. The van der Waals surface area contributed by atoms with Gasteiger partial charge in [0.1, 0.15) is 28.7 Å². The van der Waals surface area contributed by atoms with Crippen LogP contribution in [0.25, 0.3) is 117 Å². The van der Waals surface area contributed by atoms with E-state index in [9.17, 15) is 0 Å². The summed E-state index contributed by atoms with van der Waals surface area (Å²) in [5.41, 5.74) is 21.1. The van der Waals surface area contributed by atoms with Crippen LogP contribution in [-0.2, 0) is 5.41 Å². The number of benzene rings is 11. The summed E-state index contributed by atoms with van der Waals surface area (Å²) in [5, 5.41) is 2.31. The highest BCUT2D eigenvalue weighted by Gasteiger charge is 2.28. The Morgan fingerprint density at radius 3 is 1.54 bits per heavy atom. The molecule has 0 amide bonds. The van der Waals surface area contributed by atoms with Gasteiger partial charge in [-0.3, -0.25) is 4.57 Å². The zero-order chi connectivity index (χ0) is 54.4. The number of imidazole rings is 1. The second-order valence-electron chi connectivity index (χ2n) is 21.9. The van der Waals surface area contributed by atoms with Crippen molar-refractivity contribution in [3.05, 3.63) is 297 Å². The molecule has 386 valence electrons. The van der Waals surface area contributed by atoms with Crippen molar-refractivity contribution in [1.29, 1.82) is 0 Å². The van der Waals surface area contributed by atoms with Gasteiger partial charge in [0.25, 0.3) is 6.33 Å². The Morgan fingerprint density at radius 2 is 0.877 bits per heavy atom. The maximum atomic E-state index is 6.92. The van der Waals surface area contributed by atoms with Gasteiger partial charge in [-0.25, -0.2) is 4.98 Å². The first-order valence-electron chi connectivity index (χ1n) is 27.7. The molecule has 0 saturated carbocycles. The molecule has 11 aromatic carbocycles. The quantitative estimate of drug-likeness (QED) is 0.121. The van der Waals surface area contributed by atoms with Crippen LogP contribution in [-0.4, -0.2) is 14.1 Å². The van der Waals surface area contributed by atoms with E-state index in [1.165, 1.54) is 16.5 Å². The fourth-order valence-corrected chi connectivity index (χ4v) is 11.6. The van der Waals surface area contributed by atoms with Gasteiger partial charge in [0.15, 0.2) is 11.0 Å². The van der Waals surface area contributed by atoms with Crippen LogP contribution in [0.4, 0.5) is 0 Å². The Kier molecular flexibility index (Phi) is 12.4. The summed E-state index contributed by atoms with van der Waals surface area (Å²) in [4.78, 5) is 4.93. The zero-order valence-electron chi connectivity index (χ0n) is 45.4. The number of para-hydroxylation sites is 3. The van der Waals surface area contributed by atoms with Crippen LogP contribution < -0.4 is 9.30 Å². The van der Waals surface area contributed by atoms with Crippen molar-refractivity contribution >= 4 is 32.8 Å². The zero-order valence-corrected chi connectivity index (χ0v) is 45.4. The van der Waals surface area contributed by atoms with Crippen LogP contribution in [0.2, 0.25) is 0 Å². The van der Waals surface area contributed by atoms with Crippen LogP contribution in [0.1, 0.15) is 26.3 Å². The summed E-state index contributed by atoms with van der Waals surface area (Å²) in [6.07, 6.45) is 4.19. The molecule has 0 spiro atoms. The van der Waals surface area contributed by atoms with Crippen molar-refractivity contribution in [3.8, 4) is 95.5 Å². The molecule has 0 aliphatic rings. The third kappa shape index (κ3) is 9.35. The first-order chi connectivity index (χ1) is 39.8. The summed E-state index contributed by atoms with van der Waals surface area (Å²) in [6.45, 7) is 6.73. The van der Waals surface area contributed by atoms with Crippen molar-refractivity contribution in [1.82, 2.24) is 14.1 Å². The third-order valence-corrected chi connectivity index (χ3v) is 15.6. The Labute approximate surface area is 472 Å². The van der Waals surface area contributed by atoms with Gasteiger partial charge in [-0.05, 0) is 158 Å². The van der Waals surface area contributed by atoms with E-state index in [2.05, 4.69) is 314 Å². The predicted molar refractivity (Wildman–Crippen MR) is 335 cm³/mol. The molecule has 14 rings (SSSR count). The summed E-state index contributed by atoms with van der Waals surface area (Å²) in [6, 6.07) is 100. The van der Waals surface area contributed by atoms with E-state index in [4.69, 9.17) is 9.72 Å². The van der Waals surface area contributed by atoms with Crippen molar-refractivity contribution in [2.75, 3.05) is 0 Å². The van der Waals surface area contributed by atoms with Crippen LogP contribution in [0.15, 0.2) is 292 Å². The molecule has 14 aromatic rings. The minimum Gasteiger partial charge on any atom is -0.457 e. The maximum Gasteiger partial charge on any atom is 0.255 e. The van der Waals surface area contributed by atoms with Gasteiger partial charge in [0.2, 0.25) is 0 Å². The van der Waals surface area contributed by atoms with E-state index in [1.54, 1.807) is 0 Å². The smallest absolute Gasteiger partial charge is 0.255 e. The fourth-order valence-electron chi connectivity index (χ4n) is 11.6. The molecule has 0 saturated heterocycles. The minimum atomic E-state index is -0.0345. The second kappa shape index (κ2) is 20.5. The molecule has 0 aliphatic carbocycles. The molecule has 3 heterocycles. The minimum absolute atomic E-state index is 0.0345. The Hall–Kier alpha value is -10.4. The van der Waals surface area contributed by atoms with Crippen molar-refractivity contribution in [2.45, 2.75) is 26.2 Å². The Morgan fingerprint density at radius 1 is 0.370 bits per heavy atom. The SMILES string of the molecule is CC(C)(C)c1ccnc(-n2c3ccccc3c3ccc(Oc4cccc(-n5c[n+](-c6c(-c7cccc(-c8ccccc8)c7)cc(-c7ccccc7)cc6-c6cc(-c7ccccc7)cc(-c7ccccc7)c6)c6ccccc65)c4)cc32)c1. The number of hydrogen-bond acceptors (Lipinski definition) is 2. The van der Waals surface area contributed by atoms with Gasteiger partial charge in [0.05, 0.1) is 11.0 Å². The van der Waals surface area contributed by atoms with Gasteiger partial charge in [-0.15, -0.1) is 0 Å². The number of ether oxygens (including phenoxy) is 1. The van der Waals surface area contributed by atoms with Crippen LogP contribution in [0, 0.1) is 0 Å². The summed E-state index contributed by atoms with van der Waals surface area (Å²) >= 11 is 0. The fraction of sp³-hybridized carbons (Fsp3) is 0.0526. The monoisotopic (exact) mass is 1040 g/mol. The molecule has 81 heavy (non-hydrogen) atoms. The lowest BCUT2D eigenvalue weighted by Gasteiger charge is -2.20. The first-order valence-corrected chi connectivity index (χ1v) is 27.7. The number of nitrogens with zero attached hydrogens (tertiary/aromatic N) is 4. The molecular weight excluding hydrogens is 985 g/mol.